The fraction of sp³-hybridized carbons (Fsp3) is 0.127. The van der Waals surface area contributed by atoms with Crippen LogP contribution in [-0.2, 0) is 25.7 Å². The molecule has 114 heavy (non-hydrogen) atoms. The van der Waals surface area contributed by atoms with E-state index in [-0.39, 0.29) is 0 Å². The molecule has 2 aliphatic rings. The lowest BCUT2D eigenvalue weighted by molar-refractivity contribution is 0.864. The van der Waals surface area contributed by atoms with Crippen LogP contribution in [0.5, 0.6) is 0 Å². The number of rotatable bonds is 14. The predicted molar refractivity (Wildman–Crippen MR) is 485 cm³/mol. The number of hydrogen-bond acceptors (Lipinski definition) is 0. The molecule has 20 aromatic rings. The summed E-state index contributed by atoms with van der Waals surface area (Å²) in [7, 11) is 0. The van der Waals surface area contributed by atoms with Crippen LogP contribution in [0.1, 0.15) is 111 Å². The van der Waals surface area contributed by atoms with Crippen molar-refractivity contribution in [1.29, 1.82) is 0 Å². The number of hydrogen-bond donors (Lipinski definition) is 0. The second kappa shape index (κ2) is 27.9. The van der Waals surface area contributed by atoms with E-state index in [2.05, 4.69) is 400 Å². The van der Waals surface area contributed by atoms with Crippen molar-refractivity contribution in [1.82, 2.24) is 18.3 Å². The van der Waals surface area contributed by atoms with E-state index in [1.807, 2.05) is 0 Å². The zero-order chi connectivity index (χ0) is 76.4. The summed E-state index contributed by atoms with van der Waals surface area (Å²) in [5.41, 5.74) is 41.3. The molecule has 4 heteroatoms. The molecule has 0 radical (unpaired) electrons. The lowest BCUT2D eigenvalue weighted by Crippen LogP contribution is -1.96. The van der Waals surface area contributed by atoms with E-state index in [4.69, 9.17) is 0 Å². The van der Waals surface area contributed by atoms with Gasteiger partial charge in [0.15, 0.2) is 0 Å². The number of nitrogens with zero attached hydrogens (tertiary/aromatic N) is 4. The molecule has 2 aliphatic carbocycles. The molecule has 0 saturated heterocycles. The van der Waals surface area contributed by atoms with Crippen LogP contribution < -0.4 is 0 Å². The van der Waals surface area contributed by atoms with Gasteiger partial charge in [0.05, 0.1) is 44.1 Å². The van der Waals surface area contributed by atoms with Gasteiger partial charge in [0, 0.05) is 65.8 Å². The first-order valence-corrected chi connectivity index (χ1v) is 41.1. The van der Waals surface area contributed by atoms with Crippen LogP contribution in [0, 0.1) is 0 Å². The van der Waals surface area contributed by atoms with Gasteiger partial charge in [0.1, 0.15) is 0 Å². The predicted octanol–water partition coefficient (Wildman–Crippen LogP) is 29.7. The van der Waals surface area contributed by atoms with Crippen molar-refractivity contribution in [3.05, 3.63) is 384 Å². The molecule has 0 amide bonds. The molecule has 16 aromatic carbocycles. The highest BCUT2D eigenvalue weighted by atomic mass is 15.0. The maximum Gasteiger partial charge on any atom is 0.0541 e. The van der Waals surface area contributed by atoms with E-state index in [1.54, 1.807) is 0 Å². The van der Waals surface area contributed by atoms with Gasteiger partial charge in [0.2, 0.25) is 0 Å². The maximum atomic E-state index is 2.44. The van der Waals surface area contributed by atoms with Gasteiger partial charge in [-0.05, 0) is 294 Å². The standard InChI is InChI=1S/2C55H44N2/c1-34(2)36-11-9-13-44(28-36)56-52-17-7-5-15-46(52)50-32-40(23-25-54(50)56)38-19-21-42-27-43-22-20-39(31-49(43)48(42)30-38)41-24-26-55-51(33-41)47-16-6-8-18-53(47)57(55)45-14-10-12-37(29-45)35(3)4;1-3-11-36-13-9-15-44(29-36)56-52-19-7-5-17-46(52)50-34-40(25-27-54(50)56)38-21-23-42-31-43-24-22-39(33-49(43)48(42)32-38)41-26-28-55-51(35-41)47-18-6-8-20-53(47)57(55)45-16-10-14-37(30-45)12-4-2/h5-26,28-35H,27H2,1-4H3;5-10,13-30,32-35H,3-4,11-12,31H2,1-2H3. The minimum atomic E-state index is 0.473. The van der Waals surface area contributed by atoms with E-state index >= 15 is 0 Å². The summed E-state index contributed by atoms with van der Waals surface area (Å²) in [4.78, 5) is 0. The van der Waals surface area contributed by atoms with Crippen molar-refractivity contribution < 1.29 is 0 Å². The monoisotopic (exact) mass is 1460 g/mol. The third kappa shape index (κ3) is 11.6. The van der Waals surface area contributed by atoms with E-state index < -0.39 is 0 Å². The minimum absolute atomic E-state index is 0.473. The Labute approximate surface area is 666 Å². The summed E-state index contributed by atoms with van der Waals surface area (Å²) in [5.74, 6) is 0.946. The smallest absolute Gasteiger partial charge is 0.0541 e. The quantitative estimate of drug-likeness (QED) is 0.103. The fourth-order valence-electron chi connectivity index (χ4n) is 19.1. The Morgan fingerprint density at radius 1 is 0.219 bits per heavy atom. The van der Waals surface area contributed by atoms with E-state index in [1.165, 1.54) is 221 Å². The Bertz CT molecular complexity index is 6850. The maximum absolute atomic E-state index is 2.44. The molecule has 0 saturated carbocycles. The number of para-hydroxylation sites is 4. The molecule has 0 spiro atoms. The van der Waals surface area contributed by atoms with Crippen molar-refractivity contribution >= 4 is 87.2 Å². The highest BCUT2D eigenvalue weighted by Gasteiger charge is 2.26. The second-order valence-corrected chi connectivity index (χ2v) is 32.5. The van der Waals surface area contributed by atoms with Crippen molar-refractivity contribution in [2.75, 3.05) is 0 Å². The molecule has 0 unspecified atom stereocenters. The summed E-state index contributed by atoms with van der Waals surface area (Å²) in [5, 5.41) is 10.3. The third-order valence-electron chi connectivity index (χ3n) is 24.8. The summed E-state index contributed by atoms with van der Waals surface area (Å²) < 4.78 is 9.74. The fourth-order valence-corrected chi connectivity index (χ4v) is 19.1. The Balaban J connectivity index is 0.000000143. The molecular weight excluding hydrogens is 1380 g/mol. The Morgan fingerprint density at radius 2 is 0.465 bits per heavy atom. The molecule has 0 fully saturated rings. The molecule has 4 aromatic heterocycles. The Morgan fingerprint density at radius 3 is 0.746 bits per heavy atom. The minimum Gasteiger partial charge on any atom is -0.309 e. The third-order valence-corrected chi connectivity index (χ3v) is 24.8. The van der Waals surface area contributed by atoms with Crippen molar-refractivity contribution in [3.8, 4) is 89.5 Å². The molecule has 4 heterocycles. The zero-order valence-corrected chi connectivity index (χ0v) is 65.5. The average molecular weight is 1470 g/mol. The second-order valence-electron chi connectivity index (χ2n) is 32.5. The van der Waals surface area contributed by atoms with Crippen molar-refractivity contribution in [3.63, 3.8) is 0 Å². The summed E-state index contributed by atoms with van der Waals surface area (Å²) in [6.45, 7) is 13.6. The SMILES string of the molecule is CC(C)c1cccc(-n2c3ccccc3c3cc(-c4ccc5c(c4)-c4cc(-c6ccc7c(c6)c6ccccc6n7-c6cccc(C(C)C)c6)ccc4C5)ccc32)c1.CCCc1cccc(-n2c3ccccc3c3cc(-c4ccc5c(c4)-c4cc(-c6ccc7c(c6)c6ccccc6n7-c6cccc(CCC)c6)ccc4C5)ccc32)c1. The lowest BCUT2D eigenvalue weighted by Gasteiger charge is -2.12. The van der Waals surface area contributed by atoms with Gasteiger partial charge < -0.3 is 18.3 Å². The van der Waals surface area contributed by atoms with Crippen LogP contribution in [0.3, 0.4) is 0 Å². The van der Waals surface area contributed by atoms with Gasteiger partial charge >= 0.3 is 0 Å². The highest BCUT2D eigenvalue weighted by Crippen LogP contribution is 2.47. The highest BCUT2D eigenvalue weighted by molar-refractivity contribution is 6.14. The molecule has 22 rings (SSSR count). The van der Waals surface area contributed by atoms with Gasteiger partial charge in [-0.3, -0.25) is 0 Å². The van der Waals surface area contributed by atoms with E-state index in [0.717, 1.165) is 38.5 Å². The largest absolute Gasteiger partial charge is 0.309 e. The topological polar surface area (TPSA) is 19.7 Å². The number of aromatic nitrogens is 4. The first kappa shape index (κ1) is 68.7. The van der Waals surface area contributed by atoms with Gasteiger partial charge in [-0.25, -0.2) is 0 Å². The molecule has 0 N–H and O–H groups in total. The molecule has 548 valence electrons. The molecule has 0 atom stereocenters. The number of fused-ring (bicyclic) bond motifs is 18. The summed E-state index contributed by atoms with van der Waals surface area (Å²) in [6.07, 6.45) is 6.40. The summed E-state index contributed by atoms with van der Waals surface area (Å²) in [6, 6.07) is 128. The molecule has 0 bridgehead atoms. The van der Waals surface area contributed by atoms with Crippen LogP contribution in [-0.4, -0.2) is 18.3 Å². The van der Waals surface area contributed by atoms with Crippen molar-refractivity contribution in [2.24, 2.45) is 0 Å². The Kier molecular flexibility index (Phi) is 16.8. The zero-order valence-electron chi connectivity index (χ0n) is 65.5. The van der Waals surface area contributed by atoms with E-state index in [0.29, 0.717) is 11.8 Å². The molecular formula is C110H88N4. The number of benzene rings is 16. The van der Waals surface area contributed by atoms with Gasteiger partial charge in [0.25, 0.3) is 0 Å². The first-order valence-electron chi connectivity index (χ1n) is 41.1. The summed E-state index contributed by atoms with van der Waals surface area (Å²) >= 11 is 0. The molecule has 0 aliphatic heterocycles. The average Bonchev–Trinajstić information content (AvgIpc) is 1.60. The van der Waals surface area contributed by atoms with Crippen molar-refractivity contribution in [2.45, 2.75) is 91.9 Å². The Hall–Kier alpha value is -13.3. The van der Waals surface area contributed by atoms with Crippen LogP contribution in [0.25, 0.3) is 177 Å². The van der Waals surface area contributed by atoms with Crippen LogP contribution in [0.2, 0.25) is 0 Å². The lowest BCUT2D eigenvalue weighted by atomic mass is 9.95. The first-order chi connectivity index (χ1) is 56.0. The normalized spacial score (nSPS) is 12.4. The number of aryl methyl sites for hydroxylation is 2. The van der Waals surface area contributed by atoms with Crippen LogP contribution in [0.15, 0.2) is 340 Å². The van der Waals surface area contributed by atoms with Gasteiger partial charge in [-0.1, -0.05) is 249 Å². The van der Waals surface area contributed by atoms with E-state index in [9.17, 15) is 0 Å². The molecule has 4 nitrogen and oxygen atoms in total. The van der Waals surface area contributed by atoms with Crippen LogP contribution >= 0.6 is 0 Å². The van der Waals surface area contributed by atoms with Gasteiger partial charge in [-0.2, -0.15) is 0 Å². The van der Waals surface area contributed by atoms with Gasteiger partial charge in [-0.15, -0.1) is 0 Å². The van der Waals surface area contributed by atoms with Crippen LogP contribution in [0.4, 0.5) is 0 Å².